The number of rotatable bonds is 77. The van der Waals surface area contributed by atoms with Crippen LogP contribution in [0.4, 0.5) is 0 Å². The van der Waals surface area contributed by atoms with Crippen molar-refractivity contribution in [3.63, 3.8) is 0 Å². The Morgan fingerprint density at radius 3 is 0.784 bits per heavy atom. The summed E-state index contributed by atoms with van der Waals surface area (Å²) in [7, 11) is -9.91. The summed E-state index contributed by atoms with van der Waals surface area (Å²) in [5.74, 6) is -0.515. The number of ether oxygens (including phenoxy) is 4. The molecule has 0 rings (SSSR count). The fourth-order valence-electron chi connectivity index (χ4n) is 12.0. The van der Waals surface area contributed by atoms with Crippen molar-refractivity contribution in [3.8, 4) is 0 Å². The Morgan fingerprint density at radius 1 is 0.299 bits per heavy atom. The third-order valence-electron chi connectivity index (χ3n) is 18.6. The Bertz CT molecular complexity index is 1870. The van der Waals surface area contributed by atoms with Crippen LogP contribution in [0.5, 0.6) is 0 Å². The van der Waals surface area contributed by atoms with Gasteiger partial charge in [0, 0.05) is 25.7 Å². The maximum atomic E-state index is 13.1. The van der Waals surface area contributed by atoms with Crippen molar-refractivity contribution >= 4 is 39.5 Å². The number of aliphatic hydroxyl groups is 1. The summed E-state index contributed by atoms with van der Waals surface area (Å²) in [5, 5.41) is 10.6. The molecular weight excluding hydrogens is 1270 g/mol. The number of aliphatic hydroxyl groups excluding tert-OH is 1. The van der Waals surface area contributed by atoms with E-state index in [1.807, 2.05) is 0 Å². The molecule has 0 amide bonds. The van der Waals surface area contributed by atoms with Gasteiger partial charge in [0.25, 0.3) is 0 Å². The fraction of sp³-hybridized carbons (Fsp3) is 0.949. The Hall–Kier alpha value is -1.94. The van der Waals surface area contributed by atoms with Crippen LogP contribution < -0.4 is 0 Å². The standard InChI is InChI=1S/C78H152O17P2/c1-7-10-12-14-16-18-20-31-35-42-48-54-60-75(80)88-66-73(94-78(83)63-57-51-45-37-33-29-27-25-23-22-24-26-28-30-34-41-47-53-59-71(6)9-3)68-92-96(84,85)90-64-72(79)65-91-97(86,87)93-69-74(67-89-76(81)61-55-49-43-39-38-40-46-52-58-70(4)5)95-77(82)62-56-50-44-36-32-21-19-17-15-13-11-8-2/h70-74,79H,7-69H2,1-6H3,(H,84,85)(H,86,87)/t71?,72-,73-,74-/m1/s1. The van der Waals surface area contributed by atoms with Gasteiger partial charge in [0.1, 0.15) is 19.3 Å². The zero-order valence-electron chi connectivity index (χ0n) is 63.4. The Balaban J connectivity index is 5.19. The van der Waals surface area contributed by atoms with Crippen LogP contribution in [0.15, 0.2) is 0 Å². The van der Waals surface area contributed by atoms with E-state index in [4.69, 9.17) is 37.0 Å². The van der Waals surface area contributed by atoms with Gasteiger partial charge in [0.15, 0.2) is 12.2 Å². The van der Waals surface area contributed by atoms with Gasteiger partial charge in [-0.1, -0.05) is 356 Å². The van der Waals surface area contributed by atoms with E-state index in [1.54, 1.807) is 0 Å². The van der Waals surface area contributed by atoms with Crippen LogP contribution >= 0.6 is 15.6 Å². The summed E-state index contributed by atoms with van der Waals surface area (Å²) in [5.41, 5.74) is 0. The molecule has 0 aromatic carbocycles. The smallest absolute Gasteiger partial charge is 0.462 e. The molecule has 0 saturated heterocycles. The normalized spacial score (nSPS) is 14.2. The molecule has 3 unspecified atom stereocenters. The molecule has 3 N–H and O–H groups in total. The zero-order valence-corrected chi connectivity index (χ0v) is 65.2. The van der Waals surface area contributed by atoms with Gasteiger partial charge < -0.3 is 33.8 Å². The van der Waals surface area contributed by atoms with Gasteiger partial charge in [-0.2, -0.15) is 0 Å². The van der Waals surface area contributed by atoms with Crippen molar-refractivity contribution in [2.75, 3.05) is 39.6 Å². The highest BCUT2D eigenvalue weighted by Crippen LogP contribution is 2.45. The van der Waals surface area contributed by atoms with E-state index in [9.17, 15) is 43.2 Å². The van der Waals surface area contributed by atoms with Crippen LogP contribution in [0.3, 0.4) is 0 Å². The molecule has 0 aromatic heterocycles. The third-order valence-corrected chi connectivity index (χ3v) is 20.5. The van der Waals surface area contributed by atoms with Crippen LogP contribution in [0.25, 0.3) is 0 Å². The maximum absolute atomic E-state index is 13.1. The summed E-state index contributed by atoms with van der Waals surface area (Å²) in [6.45, 7) is 9.64. The molecule has 0 aliphatic heterocycles. The van der Waals surface area contributed by atoms with Crippen LogP contribution in [-0.2, 0) is 65.4 Å². The third kappa shape index (κ3) is 70.9. The topological polar surface area (TPSA) is 237 Å². The molecule has 0 aliphatic carbocycles. The average molecular weight is 1420 g/mol. The first-order valence-corrected chi connectivity index (χ1v) is 43.5. The van der Waals surface area contributed by atoms with E-state index in [0.29, 0.717) is 25.7 Å². The number of carbonyl (C=O) groups is 4. The van der Waals surface area contributed by atoms with E-state index in [-0.39, 0.29) is 25.7 Å². The summed E-state index contributed by atoms with van der Waals surface area (Å²) in [6, 6.07) is 0. The van der Waals surface area contributed by atoms with Gasteiger partial charge in [-0.15, -0.1) is 0 Å². The summed E-state index contributed by atoms with van der Waals surface area (Å²) in [4.78, 5) is 72.8. The van der Waals surface area contributed by atoms with Gasteiger partial charge in [-0.25, -0.2) is 9.13 Å². The van der Waals surface area contributed by atoms with E-state index in [2.05, 4.69) is 41.5 Å². The van der Waals surface area contributed by atoms with E-state index in [1.165, 1.54) is 225 Å². The van der Waals surface area contributed by atoms with Gasteiger partial charge in [-0.05, 0) is 37.5 Å². The van der Waals surface area contributed by atoms with Crippen molar-refractivity contribution in [2.45, 2.75) is 426 Å². The first kappa shape index (κ1) is 95.1. The minimum atomic E-state index is -4.96. The number of esters is 4. The van der Waals surface area contributed by atoms with E-state index >= 15 is 0 Å². The number of hydrogen-bond donors (Lipinski definition) is 3. The second-order valence-corrected chi connectivity index (χ2v) is 31.7. The highest BCUT2D eigenvalue weighted by molar-refractivity contribution is 7.47. The number of unbranched alkanes of at least 4 members (excludes halogenated alkanes) is 46. The van der Waals surface area contributed by atoms with Crippen molar-refractivity contribution < 1.29 is 80.2 Å². The molecule has 0 radical (unpaired) electrons. The first-order chi connectivity index (χ1) is 46.9. The van der Waals surface area contributed by atoms with Crippen molar-refractivity contribution in [3.05, 3.63) is 0 Å². The monoisotopic (exact) mass is 1420 g/mol. The van der Waals surface area contributed by atoms with Gasteiger partial charge >= 0.3 is 39.5 Å². The molecule has 576 valence electrons. The number of phosphoric ester groups is 2. The summed E-state index contributed by atoms with van der Waals surface area (Å²) < 4.78 is 68.6. The van der Waals surface area contributed by atoms with E-state index < -0.39 is 97.5 Å². The van der Waals surface area contributed by atoms with Gasteiger partial charge in [-0.3, -0.25) is 37.3 Å². The second kappa shape index (κ2) is 69.8. The molecule has 0 bridgehead atoms. The van der Waals surface area contributed by atoms with Gasteiger partial charge in [0.05, 0.1) is 26.4 Å². The first-order valence-electron chi connectivity index (χ1n) is 40.5. The molecule has 0 heterocycles. The summed E-state index contributed by atoms with van der Waals surface area (Å²) in [6.07, 6.45) is 58.2. The Labute approximate surface area is 594 Å². The lowest BCUT2D eigenvalue weighted by Crippen LogP contribution is -2.30. The maximum Gasteiger partial charge on any atom is 0.472 e. The zero-order chi connectivity index (χ0) is 71.4. The Kier molecular flexibility index (Phi) is 68.4. The van der Waals surface area contributed by atoms with Gasteiger partial charge in [0.2, 0.25) is 0 Å². The number of phosphoric acid groups is 2. The molecular formula is C78H152O17P2. The van der Waals surface area contributed by atoms with Crippen molar-refractivity contribution in [1.82, 2.24) is 0 Å². The molecule has 0 spiro atoms. The number of hydrogen-bond acceptors (Lipinski definition) is 15. The minimum absolute atomic E-state index is 0.107. The second-order valence-electron chi connectivity index (χ2n) is 28.8. The fourth-order valence-corrected chi connectivity index (χ4v) is 13.6. The summed E-state index contributed by atoms with van der Waals surface area (Å²) >= 11 is 0. The van der Waals surface area contributed by atoms with Crippen LogP contribution in [0.2, 0.25) is 0 Å². The van der Waals surface area contributed by atoms with E-state index in [0.717, 1.165) is 102 Å². The largest absolute Gasteiger partial charge is 0.472 e. The highest BCUT2D eigenvalue weighted by atomic mass is 31.2. The molecule has 0 aromatic rings. The molecule has 17 nitrogen and oxygen atoms in total. The molecule has 97 heavy (non-hydrogen) atoms. The predicted molar refractivity (Wildman–Crippen MR) is 395 cm³/mol. The van der Waals surface area contributed by atoms with Crippen molar-refractivity contribution in [2.24, 2.45) is 11.8 Å². The van der Waals surface area contributed by atoms with Crippen LogP contribution in [-0.4, -0.2) is 96.7 Å². The molecule has 0 aliphatic rings. The highest BCUT2D eigenvalue weighted by Gasteiger charge is 2.30. The lowest BCUT2D eigenvalue weighted by Gasteiger charge is -2.21. The predicted octanol–water partition coefficient (Wildman–Crippen LogP) is 23.1. The van der Waals surface area contributed by atoms with Crippen molar-refractivity contribution in [1.29, 1.82) is 0 Å². The number of carbonyl (C=O) groups excluding carboxylic acids is 4. The minimum Gasteiger partial charge on any atom is -0.462 e. The average Bonchev–Trinajstić information content (AvgIpc) is 1.26. The van der Waals surface area contributed by atoms with Crippen LogP contribution in [0, 0.1) is 11.8 Å². The Morgan fingerprint density at radius 2 is 0.526 bits per heavy atom. The molecule has 6 atom stereocenters. The molecule has 0 fully saturated rings. The van der Waals surface area contributed by atoms with Crippen LogP contribution in [0.1, 0.15) is 408 Å². The lowest BCUT2D eigenvalue weighted by atomic mass is 9.99. The SMILES string of the molecule is CCCCCCCCCCCCCCC(=O)OC[C@H](COP(=O)(O)OC[C@@H](O)COP(=O)(O)OC[C@@H](COC(=O)CCCCCCCCCCC(C)C)OC(=O)CCCCCCCCCCCCCC)OC(=O)CCCCCCCCCCCCCCCCCCCCC(C)CC. The molecule has 0 saturated carbocycles. The molecule has 19 heteroatoms. The quantitative estimate of drug-likeness (QED) is 0.0222. The lowest BCUT2D eigenvalue weighted by molar-refractivity contribution is -0.161.